The molecule has 1 unspecified atom stereocenters. The second kappa shape index (κ2) is 7.94. The van der Waals surface area contributed by atoms with Crippen LogP contribution in [0.5, 0.6) is 0 Å². The normalized spacial score (nSPS) is 12.9. The SMILES string of the molecule is CCC(C)(NC(=O)c1ccc(CNC(=O)c2cccs2)cc1)C(=O)O. The molecule has 0 saturated heterocycles. The molecule has 0 aliphatic carbocycles. The van der Waals surface area contributed by atoms with E-state index in [2.05, 4.69) is 10.6 Å². The quantitative estimate of drug-likeness (QED) is 0.707. The third-order valence-corrected chi connectivity index (χ3v) is 4.85. The summed E-state index contributed by atoms with van der Waals surface area (Å²) in [6.07, 6.45) is 0.279. The van der Waals surface area contributed by atoms with Crippen LogP contribution in [0.25, 0.3) is 0 Å². The molecule has 0 aliphatic rings. The van der Waals surface area contributed by atoms with E-state index in [0.29, 0.717) is 17.0 Å². The highest BCUT2D eigenvalue weighted by Gasteiger charge is 2.32. The van der Waals surface area contributed by atoms with E-state index in [9.17, 15) is 19.5 Å². The number of nitrogens with one attached hydrogen (secondary N) is 2. The van der Waals surface area contributed by atoms with Crippen molar-refractivity contribution >= 4 is 29.1 Å². The zero-order valence-electron chi connectivity index (χ0n) is 14.0. The summed E-state index contributed by atoms with van der Waals surface area (Å²) in [4.78, 5) is 36.0. The highest BCUT2D eigenvalue weighted by Crippen LogP contribution is 2.12. The maximum absolute atomic E-state index is 12.2. The van der Waals surface area contributed by atoms with Crippen molar-refractivity contribution in [3.8, 4) is 0 Å². The molecule has 0 spiro atoms. The molecule has 0 bridgehead atoms. The molecule has 2 amide bonds. The average molecular weight is 360 g/mol. The van der Waals surface area contributed by atoms with Gasteiger partial charge in [0.05, 0.1) is 4.88 Å². The van der Waals surface area contributed by atoms with Gasteiger partial charge in [-0.1, -0.05) is 25.1 Å². The smallest absolute Gasteiger partial charge is 0.329 e. The van der Waals surface area contributed by atoms with Crippen LogP contribution in [0.2, 0.25) is 0 Å². The summed E-state index contributed by atoms with van der Waals surface area (Å²) in [6.45, 7) is 3.52. The largest absolute Gasteiger partial charge is 0.480 e. The van der Waals surface area contributed by atoms with E-state index in [1.165, 1.54) is 18.3 Å². The van der Waals surface area contributed by atoms with Crippen molar-refractivity contribution in [1.82, 2.24) is 10.6 Å². The van der Waals surface area contributed by atoms with Crippen LogP contribution in [-0.4, -0.2) is 28.4 Å². The Bertz CT molecular complexity index is 756. The predicted octanol–water partition coefficient (Wildman–Crippen LogP) is 2.66. The second-order valence-electron chi connectivity index (χ2n) is 5.80. The van der Waals surface area contributed by atoms with E-state index in [-0.39, 0.29) is 12.3 Å². The second-order valence-corrected chi connectivity index (χ2v) is 6.75. The Hall–Kier alpha value is -2.67. The Kier molecular flexibility index (Phi) is 5.93. The van der Waals surface area contributed by atoms with Gasteiger partial charge < -0.3 is 15.7 Å². The molecule has 1 aromatic carbocycles. The molecule has 0 radical (unpaired) electrons. The first-order valence-electron chi connectivity index (χ1n) is 7.82. The Labute approximate surface area is 149 Å². The van der Waals surface area contributed by atoms with E-state index >= 15 is 0 Å². The number of carbonyl (C=O) groups excluding carboxylic acids is 2. The van der Waals surface area contributed by atoms with E-state index in [1.807, 2.05) is 11.4 Å². The molecular weight excluding hydrogens is 340 g/mol. The number of rotatable bonds is 7. The number of amides is 2. The predicted molar refractivity (Wildman–Crippen MR) is 95.7 cm³/mol. The minimum Gasteiger partial charge on any atom is -0.480 e. The molecule has 1 atom stereocenters. The maximum atomic E-state index is 12.2. The number of carboxylic acids is 1. The van der Waals surface area contributed by atoms with Gasteiger partial charge in [-0.2, -0.15) is 0 Å². The highest BCUT2D eigenvalue weighted by molar-refractivity contribution is 7.12. The molecule has 2 rings (SSSR count). The van der Waals surface area contributed by atoms with Crippen LogP contribution in [0.3, 0.4) is 0 Å². The molecule has 0 aliphatic heterocycles. The van der Waals surface area contributed by atoms with Gasteiger partial charge in [0.2, 0.25) is 0 Å². The number of thiophene rings is 1. The fourth-order valence-corrected chi connectivity index (χ4v) is 2.71. The Morgan fingerprint density at radius 3 is 2.32 bits per heavy atom. The number of hydrogen-bond acceptors (Lipinski definition) is 4. The monoisotopic (exact) mass is 360 g/mol. The van der Waals surface area contributed by atoms with Gasteiger partial charge in [-0.3, -0.25) is 9.59 Å². The van der Waals surface area contributed by atoms with Crippen LogP contribution in [0, 0.1) is 0 Å². The number of carbonyl (C=O) groups is 3. The van der Waals surface area contributed by atoms with Crippen LogP contribution >= 0.6 is 11.3 Å². The van der Waals surface area contributed by atoms with E-state index in [4.69, 9.17) is 0 Å². The van der Waals surface area contributed by atoms with Gasteiger partial charge in [0.1, 0.15) is 5.54 Å². The van der Waals surface area contributed by atoms with E-state index in [0.717, 1.165) is 5.56 Å². The molecule has 25 heavy (non-hydrogen) atoms. The third kappa shape index (κ3) is 4.67. The summed E-state index contributed by atoms with van der Waals surface area (Å²) in [5.74, 6) is -1.66. The lowest BCUT2D eigenvalue weighted by Gasteiger charge is -2.24. The van der Waals surface area contributed by atoms with E-state index < -0.39 is 17.4 Å². The Balaban J connectivity index is 1.96. The minimum atomic E-state index is -1.30. The molecule has 7 heteroatoms. The molecule has 3 N–H and O–H groups in total. The lowest BCUT2D eigenvalue weighted by Crippen LogP contribution is -2.51. The van der Waals surface area contributed by atoms with Gasteiger partial charge >= 0.3 is 5.97 Å². The Morgan fingerprint density at radius 1 is 1.12 bits per heavy atom. The van der Waals surface area contributed by atoms with Crippen molar-refractivity contribution in [2.45, 2.75) is 32.4 Å². The topological polar surface area (TPSA) is 95.5 Å². The van der Waals surface area contributed by atoms with Gasteiger partial charge in [-0.25, -0.2) is 4.79 Å². The van der Waals surface area contributed by atoms with Crippen LogP contribution < -0.4 is 10.6 Å². The average Bonchev–Trinajstić information content (AvgIpc) is 3.14. The van der Waals surface area contributed by atoms with Crippen molar-refractivity contribution in [3.63, 3.8) is 0 Å². The molecule has 6 nitrogen and oxygen atoms in total. The summed E-state index contributed by atoms with van der Waals surface area (Å²) >= 11 is 1.37. The maximum Gasteiger partial charge on any atom is 0.329 e. The first kappa shape index (κ1) is 18.7. The molecule has 132 valence electrons. The van der Waals surface area contributed by atoms with Crippen molar-refractivity contribution < 1.29 is 19.5 Å². The lowest BCUT2D eigenvalue weighted by molar-refractivity contribution is -0.143. The van der Waals surface area contributed by atoms with Crippen molar-refractivity contribution in [3.05, 3.63) is 57.8 Å². The van der Waals surface area contributed by atoms with Crippen LogP contribution in [0.4, 0.5) is 0 Å². The summed E-state index contributed by atoms with van der Waals surface area (Å²) in [5, 5.41) is 16.4. The van der Waals surface area contributed by atoms with Crippen LogP contribution in [0.15, 0.2) is 41.8 Å². The Morgan fingerprint density at radius 2 is 1.80 bits per heavy atom. The molecule has 0 saturated carbocycles. The summed E-state index contributed by atoms with van der Waals surface area (Å²) in [5.41, 5.74) is -0.0862. The molecule has 1 aromatic heterocycles. The third-order valence-electron chi connectivity index (χ3n) is 3.98. The van der Waals surface area contributed by atoms with Crippen molar-refractivity contribution in [2.24, 2.45) is 0 Å². The zero-order chi connectivity index (χ0) is 18.4. The summed E-state index contributed by atoms with van der Waals surface area (Å²) in [7, 11) is 0. The molecule has 1 heterocycles. The molecule has 2 aromatic rings. The standard InChI is InChI=1S/C18H20N2O4S/c1-3-18(2,17(23)24)20-15(21)13-8-6-12(7-9-13)11-19-16(22)14-5-4-10-25-14/h4-10H,3,11H2,1-2H3,(H,19,22)(H,20,21)(H,23,24). The fraction of sp³-hybridized carbons (Fsp3) is 0.278. The number of benzene rings is 1. The minimum absolute atomic E-state index is 0.142. The summed E-state index contributed by atoms with van der Waals surface area (Å²) < 4.78 is 0. The fourth-order valence-electron chi connectivity index (χ4n) is 2.07. The van der Waals surface area contributed by atoms with Crippen LogP contribution in [-0.2, 0) is 11.3 Å². The van der Waals surface area contributed by atoms with Gasteiger partial charge in [-0.05, 0) is 42.5 Å². The number of aliphatic carboxylic acids is 1. The first-order valence-corrected chi connectivity index (χ1v) is 8.70. The van der Waals surface area contributed by atoms with Crippen LogP contribution in [0.1, 0.15) is 45.9 Å². The molecule has 0 fully saturated rings. The number of carboxylic acid groups (broad SMARTS) is 1. The molecular formula is C18H20N2O4S. The van der Waals surface area contributed by atoms with Crippen molar-refractivity contribution in [1.29, 1.82) is 0 Å². The highest BCUT2D eigenvalue weighted by atomic mass is 32.1. The van der Waals surface area contributed by atoms with Gasteiger partial charge in [0, 0.05) is 12.1 Å². The summed E-state index contributed by atoms with van der Waals surface area (Å²) in [6, 6.07) is 10.2. The first-order chi connectivity index (χ1) is 11.9. The van der Waals surface area contributed by atoms with Gasteiger partial charge in [-0.15, -0.1) is 11.3 Å². The van der Waals surface area contributed by atoms with Crippen molar-refractivity contribution in [2.75, 3.05) is 0 Å². The lowest BCUT2D eigenvalue weighted by atomic mass is 9.98. The van der Waals surface area contributed by atoms with E-state index in [1.54, 1.807) is 37.3 Å². The van der Waals surface area contributed by atoms with Gasteiger partial charge in [0.25, 0.3) is 11.8 Å². The number of hydrogen-bond donors (Lipinski definition) is 3. The zero-order valence-corrected chi connectivity index (χ0v) is 14.9. The van der Waals surface area contributed by atoms with Gasteiger partial charge in [0.15, 0.2) is 0 Å².